The number of ether oxygens (including phenoxy) is 1. The molecule has 2 fully saturated rings. The van der Waals surface area contributed by atoms with E-state index in [1.54, 1.807) is 0 Å². The van der Waals surface area contributed by atoms with Crippen LogP contribution in [0.5, 0.6) is 0 Å². The first-order valence-electron chi connectivity index (χ1n) is 6.38. The third kappa shape index (κ3) is 2.02. The predicted molar refractivity (Wildman–Crippen MR) is 70.3 cm³/mol. The van der Waals surface area contributed by atoms with Crippen LogP contribution in [0.3, 0.4) is 0 Å². The fourth-order valence-electron chi connectivity index (χ4n) is 2.62. The monoisotopic (exact) mass is 329 g/mol. The highest BCUT2D eigenvalue weighted by Crippen LogP contribution is 2.52. The van der Waals surface area contributed by atoms with Gasteiger partial charge in [-0.05, 0) is 0 Å². The maximum Gasteiger partial charge on any atom is 0.472 e. The third-order valence-corrected chi connectivity index (χ3v) is 4.61. The smallest absolute Gasteiger partial charge is 0.386 e. The van der Waals surface area contributed by atoms with Gasteiger partial charge in [-0.1, -0.05) is 0 Å². The standard InChI is InChI=1S/C10H12N5O6P/c11-8-5-9(13-2-12-8)15(3-14-5)10-6(16)7-4(20-10)1-19-22(17,18)21-7/h2-4,6-7,10,16H,1H2,(H,17,18)(H2,11,12,13)/t4?,6-,7?,10+/m0/s1. The summed E-state index contributed by atoms with van der Waals surface area (Å²) in [5, 5.41) is 10.4. The van der Waals surface area contributed by atoms with Crippen molar-refractivity contribution in [3.05, 3.63) is 12.7 Å². The van der Waals surface area contributed by atoms with Crippen molar-refractivity contribution in [2.24, 2.45) is 0 Å². The molecule has 0 radical (unpaired) electrons. The van der Waals surface area contributed by atoms with Gasteiger partial charge in [0.2, 0.25) is 0 Å². The Bertz CT molecular complexity index is 782. The molecule has 5 atom stereocenters. The summed E-state index contributed by atoms with van der Waals surface area (Å²) in [4.78, 5) is 21.3. The Morgan fingerprint density at radius 2 is 2.23 bits per heavy atom. The molecule has 12 heteroatoms. The van der Waals surface area contributed by atoms with Crippen LogP contribution < -0.4 is 5.73 Å². The van der Waals surface area contributed by atoms with Crippen LogP contribution >= 0.6 is 7.82 Å². The summed E-state index contributed by atoms with van der Waals surface area (Å²) in [5.41, 5.74) is 6.46. The molecule has 0 bridgehead atoms. The van der Waals surface area contributed by atoms with Crippen LogP contribution in [0.1, 0.15) is 6.23 Å². The first-order valence-corrected chi connectivity index (χ1v) is 7.88. The van der Waals surface area contributed by atoms with Crippen LogP contribution in [0.4, 0.5) is 5.82 Å². The van der Waals surface area contributed by atoms with Crippen molar-refractivity contribution >= 4 is 24.8 Å². The second kappa shape index (κ2) is 4.69. The van der Waals surface area contributed by atoms with Gasteiger partial charge >= 0.3 is 7.82 Å². The molecule has 22 heavy (non-hydrogen) atoms. The average Bonchev–Trinajstić information content (AvgIpc) is 3.01. The average molecular weight is 329 g/mol. The molecule has 0 aromatic carbocycles. The van der Waals surface area contributed by atoms with E-state index in [1.807, 2.05) is 0 Å². The minimum absolute atomic E-state index is 0.157. The van der Waals surface area contributed by atoms with Crippen molar-refractivity contribution in [3.8, 4) is 0 Å². The van der Waals surface area contributed by atoms with E-state index in [9.17, 15) is 14.6 Å². The number of fused-ring (bicyclic) bond motifs is 2. The maximum absolute atomic E-state index is 11.5. The lowest BCUT2D eigenvalue weighted by molar-refractivity contribution is -0.0664. The molecule has 11 nitrogen and oxygen atoms in total. The second-order valence-electron chi connectivity index (χ2n) is 4.97. The number of imidazole rings is 1. The molecule has 0 aliphatic carbocycles. The minimum atomic E-state index is -4.16. The molecule has 2 aliphatic heterocycles. The molecular weight excluding hydrogens is 317 g/mol. The zero-order valence-electron chi connectivity index (χ0n) is 11.0. The molecule has 0 spiro atoms. The number of aromatic nitrogens is 4. The second-order valence-corrected chi connectivity index (χ2v) is 6.38. The number of hydrogen-bond acceptors (Lipinski definition) is 9. The molecule has 4 heterocycles. The molecule has 2 aromatic heterocycles. The molecule has 2 saturated heterocycles. The van der Waals surface area contributed by atoms with Gasteiger partial charge in [-0.3, -0.25) is 13.6 Å². The summed E-state index contributed by atoms with van der Waals surface area (Å²) in [5.74, 6) is 0.202. The number of hydrogen-bond donors (Lipinski definition) is 3. The molecule has 0 amide bonds. The van der Waals surface area contributed by atoms with E-state index in [1.165, 1.54) is 17.2 Å². The first-order chi connectivity index (χ1) is 10.5. The van der Waals surface area contributed by atoms with E-state index in [2.05, 4.69) is 19.5 Å². The number of nitrogen functional groups attached to an aromatic ring is 1. The lowest BCUT2D eigenvalue weighted by atomic mass is 10.1. The molecule has 2 aromatic rings. The van der Waals surface area contributed by atoms with Crippen LogP contribution in [-0.2, 0) is 18.3 Å². The van der Waals surface area contributed by atoms with Crippen LogP contribution in [0.15, 0.2) is 12.7 Å². The summed E-state index contributed by atoms with van der Waals surface area (Å²) in [6.07, 6.45) is -1.07. The number of aliphatic hydroxyl groups excluding tert-OH is 1. The van der Waals surface area contributed by atoms with E-state index in [-0.39, 0.29) is 12.4 Å². The number of nitrogens with two attached hydrogens (primary N) is 1. The van der Waals surface area contributed by atoms with Crippen LogP contribution in [0, 0.1) is 0 Å². The lowest BCUT2D eigenvalue weighted by Crippen LogP contribution is -2.39. The van der Waals surface area contributed by atoms with E-state index in [0.717, 1.165) is 0 Å². The summed E-state index contributed by atoms with van der Waals surface area (Å²) >= 11 is 0. The van der Waals surface area contributed by atoms with E-state index >= 15 is 0 Å². The van der Waals surface area contributed by atoms with Crippen molar-refractivity contribution in [1.82, 2.24) is 19.5 Å². The van der Waals surface area contributed by atoms with E-state index < -0.39 is 32.4 Å². The SMILES string of the molecule is Nc1ncnc2c1ncn2[C@@H]1OC2COP(=O)(O)OC2[C@@H]1O. The molecule has 4 rings (SSSR count). The van der Waals surface area contributed by atoms with Gasteiger partial charge in [0.25, 0.3) is 0 Å². The van der Waals surface area contributed by atoms with Gasteiger partial charge < -0.3 is 20.5 Å². The zero-order chi connectivity index (χ0) is 15.5. The Morgan fingerprint density at radius 3 is 3.05 bits per heavy atom. The minimum Gasteiger partial charge on any atom is -0.386 e. The normalized spacial score (nSPS) is 38.3. The molecule has 3 unspecified atom stereocenters. The summed E-state index contributed by atoms with van der Waals surface area (Å²) < 4.78 is 28.2. The van der Waals surface area contributed by atoms with Crippen molar-refractivity contribution in [1.29, 1.82) is 0 Å². The van der Waals surface area contributed by atoms with Crippen LogP contribution in [-0.4, -0.2) is 54.4 Å². The molecule has 0 saturated carbocycles. The Hall–Kier alpha value is -1.62. The third-order valence-electron chi connectivity index (χ3n) is 3.63. The Morgan fingerprint density at radius 1 is 1.41 bits per heavy atom. The fourth-order valence-corrected chi connectivity index (χ4v) is 3.59. The van der Waals surface area contributed by atoms with Gasteiger partial charge in [0.1, 0.15) is 30.2 Å². The number of phosphoric ester groups is 1. The predicted octanol–water partition coefficient (Wildman–Crippen LogP) is -0.817. The fraction of sp³-hybridized carbons (Fsp3) is 0.500. The van der Waals surface area contributed by atoms with Crippen molar-refractivity contribution in [2.45, 2.75) is 24.5 Å². The largest absolute Gasteiger partial charge is 0.472 e. The first kappa shape index (κ1) is 14.0. The summed E-state index contributed by atoms with van der Waals surface area (Å²) in [6.45, 7) is -0.157. The number of nitrogens with zero attached hydrogens (tertiary/aromatic N) is 4. The Balaban J connectivity index is 1.71. The number of rotatable bonds is 1. The highest BCUT2D eigenvalue weighted by atomic mass is 31.2. The number of aliphatic hydroxyl groups is 1. The molecule has 2 aliphatic rings. The summed E-state index contributed by atoms with van der Waals surface area (Å²) in [6, 6.07) is 0. The van der Waals surface area contributed by atoms with Crippen LogP contribution in [0.25, 0.3) is 11.2 Å². The van der Waals surface area contributed by atoms with Crippen molar-refractivity contribution in [3.63, 3.8) is 0 Å². The van der Waals surface area contributed by atoms with Crippen molar-refractivity contribution in [2.75, 3.05) is 12.3 Å². The van der Waals surface area contributed by atoms with Crippen molar-refractivity contribution < 1.29 is 28.3 Å². The van der Waals surface area contributed by atoms with E-state index in [0.29, 0.717) is 11.2 Å². The molecule has 4 N–H and O–H groups in total. The quantitative estimate of drug-likeness (QED) is 0.565. The van der Waals surface area contributed by atoms with Gasteiger partial charge in [0.05, 0.1) is 12.9 Å². The maximum atomic E-state index is 11.5. The van der Waals surface area contributed by atoms with Gasteiger partial charge in [0.15, 0.2) is 17.7 Å². The molecule has 118 valence electrons. The summed E-state index contributed by atoms with van der Waals surface area (Å²) in [7, 11) is -4.16. The number of phosphoric acid groups is 1. The van der Waals surface area contributed by atoms with E-state index in [4.69, 9.17) is 15.0 Å². The Labute approximate surface area is 123 Å². The zero-order valence-corrected chi connectivity index (χ0v) is 11.9. The van der Waals surface area contributed by atoms with Gasteiger partial charge in [0, 0.05) is 0 Å². The van der Waals surface area contributed by atoms with Gasteiger partial charge in [-0.2, -0.15) is 0 Å². The van der Waals surface area contributed by atoms with Gasteiger partial charge in [-0.15, -0.1) is 0 Å². The highest BCUT2D eigenvalue weighted by molar-refractivity contribution is 7.47. The lowest BCUT2D eigenvalue weighted by Gasteiger charge is -2.27. The highest BCUT2D eigenvalue weighted by Gasteiger charge is 2.52. The molecular formula is C10H12N5O6P. The van der Waals surface area contributed by atoms with Gasteiger partial charge in [-0.25, -0.2) is 19.5 Å². The number of anilines is 1. The van der Waals surface area contributed by atoms with Crippen LogP contribution in [0.2, 0.25) is 0 Å². The topological polar surface area (TPSA) is 155 Å². The Kier molecular flexibility index (Phi) is 2.98.